The lowest BCUT2D eigenvalue weighted by molar-refractivity contribution is -0.132. The molecule has 0 bridgehead atoms. The third-order valence-corrected chi connectivity index (χ3v) is 10.4. The third-order valence-electron chi connectivity index (χ3n) is 5.90. The Kier molecular flexibility index (Phi) is 7.64. The van der Waals surface area contributed by atoms with Crippen LogP contribution in [0.2, 0.25) is 18.1 Å². The summed E-state index contributed by atoms with van der Waals surface area (Å²) >= 11 is 0. The lowest BCUT2D eigenvalue weighted by atomic mass is 10.1. The van der Waals surface area contributed by atoms with Gasteiger partial charge in [-0.15, -0.1) is 0 Å². The monoisotopic (exact) mass is 448 g/mol. The molecule has 1 unspecified atom stereocenters. The zero-order valence-electron chi connectivity index (χ0n) is 20.7. The number of hydrogen-bond donors (Lipinski definition) is 0. The van der Waals surface area contributed by atoms with E-state index in [-0.39, 0.29) is 23.6 Å². The van der Waals surface area contributed by atoms with E-state index in [2.05, 4.69) is 39.9 Å². The van der Waals surface area contributed by atoms with Gasteiger partial charge in [-0.05, 0) is 51.4 Å². The van der Waals surface area contributed by atoms with Crippen LogP contribution in [-0.4, -0.2) is 61.5 Å². The Morgan fingerprint density at radius 3 is 2.32 bits per heavy atom. The fraction of sp³-hybridized carbons (Fsp3) is 0.667. The van der Waals surface area contributed by atoms with Gasteiger partial charge in [-0.2, -0.15) is 0 Å². The molecule has 0 saturated carbocycles. The van der Waals surface area contributed by atoms with Crippen molar-refractivity contribution >= 4 is 20.3 Å². The maximum absolute atomic E-state index is 13.1. The molecule has 1 saturated heterocycles. The molecule has 1 atom stereocenters. The number of aryl methyl sites for hydroxylation is 1. The zero-order valence-corrected chi connectivity index (χ0v) is 21.7. The number of rotatable bonds is 4. The van der Waals surface area contributed by atoms with Crippen molar-refractivity contribution < 1.29 is 18.8 Å². The minimum absolute atomic E-state index is 0.00189. The van der Waals surface area contributed by atoms with Crippen LogP contribution in [0.15, 0.2) is 24.3 Å². The Balaban J connectivity index is 2.29. The number of hydrogen-bond acceptors (Lipinski definition) is 4. The molecule has 1 aromatic rings. The minimum atomic E-state index is -2.10. The van der Waals surface area contributed by atoms with Crippen molar-refractivity contribution in [2.75, 3.05) is 19.6 Å². The number of carbonyl (C=O) groups excluding carboxylic acids is 2. The molecule has 0 radical (unpaired) electrons. The van der Waals surface area contributed by atoms with Gasteiger partial charge in [-0.25, -0.2) is 4.79 Å². The van der Waals surface area contributed by atoms with Gasteiger partial charge in [0.15, 0.2) is 8.32 Å². The van der Waals surface area contributed by atoms with Crippen LogP contribution in [0.4, 0.5) is 4.79 Å². The van der Waals surface area contributed by atoms with Crippen LogP contribution in [0.25, 0.3) is 0 Å². The smallest absolute Gasteiger partial charge is 0.410 e. The molecule has 1 aromatic carbocycles. The normalized spacial score (nSPS) is 18.7. The molecular formula is C24H40N2O4Si. The molecule has 1 fully saturated rings. The average molecular weight is 449 g/mol. The summed E-state index contributed by atoms with van der Waals surface area (Å²) in [6, 6.07) is 8.17. The Morgan fingerprint density at radius 2 is 1.77 bits per heavy atom. The fourth-order valence-corrected chi connectivity index (χ4v) is 4.63. The molecule has 174 valence electrons. The van der Waals surface area contributed by atoms with Gasteiger partial charge in [0, 0.05) is 13.1 Å². The van der Waals surface area contributed by atoms with Crippen LogP contribution >= 0.6 is 0 Å². The number of ether oxygens (including phenoxy) is 1. The highest BCUT2D eigenvalue weighted by Gasteiger charge is 2.42. The van der Waals surface area contributed by atoms with Crippen molar-refractivity contribution in [3.05, 3.63) is 35.4 Å². The molecule has 0 aromatic heterocycles. The van der Waals surface area contributed by atoms with Crippen LogP contribution in [0.5, 0.6) is 0 Å². The van der Waals surface area contributed by atoms with Gasteiger partial charge in [-0.1, -0.05) is 50.6 Å². The second kappa shape index (κ2) is 9.33. The van der Waals surface area contributed by atoms with E-state index < -0.39 is 20.0 Å². The third kappa shape index (κ3) is 7.35. The molecule has 1 heterocycles. The van der Waals surface area contributed by atoms with E-state index in [0.29, 0.717) is 19.6 Å². The summed E-state index contributed by atoms with van der Waals surface area (Å²) in [5, 5.41) is 0.0292. The summed E-state index contributed by atoms with van der Waals surface area (Å²) in [4.78, 5) is 29.3. The maximum Gasteiger partial charge on any atom is 0.410 e. The molecular weight excluding hydrogens is 408 g/mol. The molecule has 6 nitrogen and oxygen atoms in total. The van der Waals surface area contributed by atoms with Gasteiger partial charge in [-0.3, -0.25) is 9.69 Å². The molecule has 0 N–H and O–H groups in total. The summed E-state index contributed by atoms with van der Waals surface area (Å²) in [6.07, 6.45) is -0.730. The highest BCUT2D eigenvalue weighted by Crippen LogP contribution is 2.37. The Morgan fingerprint density at radius 1 is 1.13 bits per heavy atom. The van der Waals surface area contributed by atoms with Crippen LogP contribution in [-0.2, 0) is 20.5 Å². The first kappa shape index (κ1) is 25.4. The highest BCUT2D eigenvalue weighted by molar-refractivity contribution is 6.74. The fourth-order valence-electron chi connectivity index (χ4n) is 3.30. The molecule has 31 heavy (non-hydrogen) atoms. The van der Waals surface area contributed by atoms with E-state index >= 15 is 0 Å². The van der Waals surface area contributed by atoms with Crippen LogP contribution in [0.1, 0.15) is 52.7 Å². The molecule has 1 aliphatic heterocycles. The second-order valence-corrected chi connectivity index (χ2v) is 15.9. The highest BCUT2D eigenvalue weighted by atomic mass is 28.4. The first-order chi connectivity index (χ1) is 14.1. The van der Waals surface area contributed by atoms with Crippen molar-refractivity contribution in [2.24, 2.45) is 0 Å². The lowest BCUT2D eigenvalue weighted by Crippen LogP contribution is -2.49. The van der Waals surface area contributed by atoms with Crippen molar-refractivity contribution in [3.8, 4) is 0 Å². The largest absolute Gasteiger partial charge is 0.444 e. The predicted octanol–water partition coefficient (Wildman–Crippen LogP) is 4.96. The Labute approximate surface area is 189 Å². The lowest BCUT2D eigenvalue weighted by Gasteiger charge is -2.40. The SMILES string of the molecule is Cc1cccc(CN2CC(O[Si](C)(C)C(C)(C)C)CN(C(=O)OC(C)(C)C)CC2=O)c1. The van der Waals surface area contributed by atoms with E-state index in [0.717, 1.165) is 11.1 Å². The average Bonchev–Trinajstić information content (AvgIpc) is 2.71. The summed E-state index contributed by atoms with van der Waals surface area (Å²) < 4.78 is 12.2. The first-order valence-corrected chi connectivity index (χ1v) is 14.0. The molecule has 2 rings (SSSR count). The van der Waals surface area contributed by atoms with Crippen molar-refractivity contribution in [3.63, 3.8) is 0 Å². The Hall–Kier alpha value is -1.86. The topological polar surface area (TPSA) is 59.1 Å². The van der Waals surface area contributed by atoms with E-state index in [1.807, 2.05) is 50.8 Å². The van der Waals surface area contributed by atoms with Crippen molar-refractivity contribution in [1.82, 2.24) is 9.80 Å². The van der Waals surface area contributed by atoms with Crippen LogP contribution in [0.3, 0.4) is 0 Å². The zero-order chi connectivity index (χ0) is 23.6. The van der Waals surface area contributed by atoms with Gasteiger partial charge in [0.1, 0.15) is 12.1 Å². The summed E-state index contributed by atoms with van der Waals surface area (Å²) in [6.45, 7) is 19.8. The summed E-state index contributed by atoms with van der Waals surface area (Å²) in [7, 11) is -2.10. The second-order valence-electron chi connectivity index (χ2n) is 11.1. The van der Waals surface area contributed by atoms with E-state index in [4.69, 9.17) is 9.16 Å². The molecule has 2 amide bonds. The van der Waals surface area contributed by atoms with Gasteiger partial charge in [0.2, 0.25) is 5.91 Å². The van der Waals surface area contributed by atoms with Crippen LogP contribution in [0, 0.1) is 6.92 Å². The summed E-state index contributed by atoms with van der Waals surface area (Å²) in [5.74, 6) is -0.0892. The quantitative estimate of drug-likeness (QED) is 0.611. The van der Waals surface area contributed by atoms with Gasteiger partial charge < -0.3 is 14.1 Å². The van der Waals surface area contributed by atoms with E-state index in [9.17, 15) is 9.59 Å². The van der Waals surface area contributed by atoms with Gasteiger partial charge >= 0.3 is 6.09 Å². The number of carbonyl (C=O) groups is 2. The predicted molar refractivity (Wildman–Crippen MR) is 126 cm³/mol. The molecule has 0 spiro atoms. The van der Waals surface area contributed by atoms with E-state index in [1.54, 1.807) is 0 Å². The maximum atomic E-state index is 13.1. The molecule has 7 heteroatoms. The van der Waals surface area contributed by atoms with Crippen molar-refractivity contribution in [2.45, 2.75) is 84.8 Å². The standard InChI is InChI=1S/C24H40N2O4Si/c1-18-11-10-12-19(13-18)14-25-15-20(30-31(8,9)24(5,6)7)16-26(17-21(25)27)22(28)29-23(2,3)4/h10-13,20H,14-17H2,1-9H3. The number of amides is 2. The molecule has 0 aliphatic carbocycles. The first-order valence-electron chi connectivity index (χ1n) is 11.1. The van der Waals surface area contributed by atoms with Crippen molar-refractivity contribution in [1.29, 1.82) is 0 Å². The van der Waals surface area contributed by atoms with Gasteiger partial charge in [0.25, 0.3) is 0 Å². The molecule has 1 aliphatic rings. The van der Waals surface area contributed by atoms with E-state index in [1.165, 1.54) is 4.90 Å². The number of nitrogens with zero attached hydrogens (tertiary/aromatic N) is 2. The van der Waals surface area contributed by atoms with Gasteiger partial charge in [0.05, 0.1) is 12.6 Å². The van der Waals surface area contributed by atoms with Crippen LogP contribution < -0.4 is 0 Å². The Bertz CT molecular complexity index is 796. The summed E-state index contributed by atoms with van der Waals surface area (Å²) in [5.41, 5.74) is 1.61. The number of benzene rings is 1. The minimum Gasteiger partial charge on any atom is -0.444 e.